The molecule has 19 heavy (non-hydrogen) atoms. The Morgan fingerprint density at radius 2 is 2.00 bits per heavy atom. The Hall–Kier alpha value is -1.97. The Bertz CT molecular complexity index is 527. The lowest BCUT2D eigenvalue weighted by Crippen LogP contribution is -2.38. The first kappa shape index (κ1) is 13.5. The molecule has 1 unspecified atom stereocenters. The Morgan fingerprint density at radius 3 is 2.68 bits per heavy atom. The van der Waals surface area contributed by atoms with E-state index in [-0.39, 0.29) is 12.1 Å². The molecular weight excluding hydrogens is 240 g/mol. The minimum Gasteiger partial charge on any atom is -0.459 e. The second-order valence-electron chi connectivity index (χ2n) is 5.16. The van der Waals surface area contributed by atoms with Crippen molar-refractivity contribution >= 4 is 17.0 Å². The number of benzene rings is 1. The standard InChI is InChI=1S/C15H20N2O2/c1-10(2)9-16-15(18)17-11(3)14-8-12-6-4-5-7-13(12)19-14/h4-8,10-11H,9H2,1-3H3,(H2,16,17,18). The Kier molecular flexibility index (Phi) is 4.10. The van der Waals surface area contributed by atoms with E-state index in [0.29, 0.717) is 12.5 Å². The van der Waals surface area contributed by atoms with E-state index in [0.717, 1.165) is 16.7 Å². The zero-order chi connectivity index (χ0) is 13.8. The molecule has 0 aliphatic carbocycles. The molecule has 0 radical (unpaired) electrons. The summed E-state index contributed by atoms with van der Waals surface area (Å²) >= 11 is 0. The molecule has 1 heterocycles. The molecule has 2 rings (SSSR count). The highest BCUT2D eigenvalue weighted by molar-refractivity contribution is 5.78. The van der Waals surface area contributed by atoms with Crippen LogP contribution in [0.4, 0.5) is 4.79 Å². The van der Waals surface area contributed by atoms with Crippen LogP contribution in [0.25, 0.3) is 11.0 Å². The number of para-hydroxylation sites is 1. The molecule has 0 aliphatic heterocycles. The van der Waals surface area contributed by atoms with E-state index in [9.17, 15) is 4.79 Å². The number of amides is 2. The first-order chi connectivity index (χ1) is 9.06. The maximum absolute atomic E-state index is 11.7. The number of fused-ring (bicyclic) bond motifs is 1. The van der Waals surface area contributed by atoms with Gasteiger partial charge < -0.3 is 15.1 Å². The summed E-state index contributed by atoms with van der Waals surface area (Å²) in [6.07, 6.45) is 0. The number of carbonyl (C=O) groups excluding carboxylic acids is 1. The van der Waals surface area contributed by atoms with Crippen molar-refractivity contribution in [2.24, 2.45) is 5.92 Å². The molecule has 4 nitrogen and oxygen atoms in total. The third-order valence-electron chi connectivity index (χ3n) is 2.89. The summed E-state index contributed by atoms with van der Waals surface area (Å²) < 4.78 is 5.71. The van der Waals surface area contributed by atoms with E-state index in [1.807, 2.05) is 37.3 Å². The second kappa shape index (κ2) is 5.78. The molecule has 102 valence electrons. The van der Waals surface area contributed by atoms with Gasteiger partial charge in [0, 0.05) is 11.9 Å². The number of rotatable bonds is 4. The third-order valence-corrected chi connectivity index (χ3v) is 2.89. The smallest absolute Gasteiger partial charge is 0.315 e. The fourth-order valence-corrected chi connectivity index (χ4v) is 1.83. The van der Waals surface area contributed by atoms with Gasteiger partial charge in [0.15, 0.2) is 0 Å². The number of hydrogen-bond acceptors (Lipinski definition) is 2. The molecule has 4 heteroatoms. The van der Waals surface area contributed by atoms with E-state index in [1.54, 1.807) is 0 Å². The van der Waals surface area contributed by atoms with Gasteiger partial charge in [0.25, 0.3) is 0 Å². The third kappa shape index (κ3) is 3.50. The van der Waals surface area contributed by atoms with Gasteiger partial charge in [-0.1, -0.05) is 32.0 Å². The SMILES string of the molecule is CC(C)CNC(=O)NC(C)c1cc2ccccc2o1. The molecule has 1 atom stereocenters. The summed E-state index contributed by atoms with van der Waals surface area (Å²) in [5.41, 5.74) is 0.841. The number of nitrogens with one attached hydrogen (secondary N) is 2. The van der Waals surface area contributed by atoms with Gasteiger partial charge in [-0.3, -0.25) is 0 Å². The van der Waals surface area contributed by atoms with Crippen LogP contribution < -0.4 is 10.6 Å². The van der Waals surface area contributed by atoms with Crippen LogP contribution in [0.15, 0.2) is 34.7 Å². The number of hydrogen-bond donors (Lipinski definition) is 2. The van der Waals surface area contributed by atoms with E-state index in [1.165, 1.54) is 0 Å². The van der Waals surface area contributed by atoms with E-state index in [2.05, 4.69) is 24.5 Å². The number of urea groups is 1. The Balaban J connectivity index is 1.99. The van der Waals surface area contributed by atoms with Crippen LogP contribution in [0.5, 0.6) is 0 Å². The maximum Gasteiger partial charge on any atom is 0.315 e. The Labute approximate surface area is 113 Å². The first-order valence-electron chi connectivity index (χ1n) is 6.59. The average Bonchev–Trinajstić information content (AvgIpc) is 2.80. The lowest BCUT2D eigenvalue weighted by Gasteiger charge is -2.13. The van der Waals surface area contributed by atoms with Crippen molar-refractivity contribution in [1.29, 1.82) is 0 Å². The van der Waals surface area contributed by atoms with Crippen molar-refractivity contribution in [3.05, 3.63) is 36.1 Å². The van der Waals surface area contributed by atoms with Gasteiger partial charge in [-0.25, -0.2) is 4.79 Å². The van der Waals surface area contributed by atoms with Crippen LogP contribution in [0.2, 0.25) is 0 Å². The maximum atomic E-state index is 11.7. The monoisotopic (exact) mass is 260 g/mol. The van der Waals surface area contributed by atoms with Crippen molar-refractivity contribution in [2.45, 2.75) is 26.8 Å². The van der Waals surface area contributed by atoms with Crippen LogP contribution in [0.1, 0.15) is 32.6 Å². The van der Waals surface area contributed by atoms with Crippen LogP contribution in [-0.4, -0.2) is 12.6 Å². The number of furan rings is 1. The van der Waals surface area contributed by atoms with Gasteiger partial charge in [-0.2, -0.15) is 0 Å². The molecule has 0 saturated heterocycles. The van der Waals surface area contributed by atoms with E-state index >= 15 is 0 Å². The average molecular weight is 260 g/mol. The topological polar surface area (TPSA) is 54.3 Å². The molecule has 0 saturated carbocycles. The van der Waals surface area contributed by atoms with Crippen LogP contribution in [0, 0.1) is 5.92 Å². The van der Waals surface area contributed by atoms with Gasteiger partial charge in [-0.15, -0.1) is 0 Å². The van der Waals surface area contributed by atoms with Crippen molar-refractivity contribution < 1.29 is 9.21 Å². The highest BCUT2D eigenvalue weighted by Crippen LogP contribution is 2.23. The molecular formula is C15H20N2O2. The molecule has 2 N–H and O–H groups in total. The molecule has 2 amide bonds. The van der Waals surface area contributed by atoms with E-state index < -0.39 is 0 Å². The highest BCUT2D eigenvalue weighted by Gasteiger charge is 2.13. The summed E-state index contributed by atoms with van der Waals surface area (Å²) in [4.78, 5) is 11.7. The first-order valence-corrected chi connectivity index (χ1v) is 6.59. The zero-order valence-corrected chi connectivity index (χ0v) is 11.6. The summed E-state index contributed by atoms with van der Waals surface area (Å²) in [5, 5.41) is 6.74. The normalized spacial score (nSPS) is 12.6. The van der Waals surface area contributed by atoms with Crippen molar-refractivity contribution in [3.8, 4) is 0 Å². The second-order valence-corrected chi connectivity index (χ2v) is 5.16. The van der Waals surface area contributed by atoms with Crippen molar-refractivity contribution in [3.63, 3.8) is 0 Å². The molecule has 1 aromatic heterocycles. The number of carbonyl (C=O) groups is 1. The minimum atomic E-state index is -0.165. The lowest BCUT2D eigenvalue weighted by atomic mass is 10.2. The van der Waals surface area contributed by atoms with Gasteiger partial charge in [-0.05, 0) is 25.0 Å². The predicted molar refractivity (Wildman–Crippen MR) is 76.0 cm³/mol. The van der Waals surface area contributed by atoms with Gasteiger partial charge in [0.2, 0.25) is 0 Å². The fourth-order valence-electron chi connectivity index (χ4n) is 1.83. The van der Waals surface area contributed by atoms with Gasteiger partial charge in [0.05, 0.1) is 6.04 Å². The molecule has 2 aromatic rings. The summed E-state index contributed by atoms with van der Waals surface area (Å²) in [5.74, 6) is 1.20. The van der Waals surface area contributed by atoms with Gasteiger partial charge in [0.1, 0.15) is 11.3 Å². The van der Waals surface area contributed by atoms with Gasteiger partial charge >= 0.3 is 6.03 Å². The largest absolute Gasteiger partial charge is 0.459 e. The van der Waals surface area contributed by atoms with Crippen LogP contribution in [-0.2, 0) is 0 Å². The molecule has 0 aliphatic rings. The molecule has 0 spiro atoms. The molecule has 1 aromatic carbocycles. The summed E-state index contributed by atoms with van der Waals surface area (Å²) in [6, 6.07) is 9.46. The zero-order valence-electron chi connectivity index (χ0n) is 11.6. The minimum absolute atomic E-state index is 0.153. The molecule has 0 bridgehead atoms. The van der Waals surface area contributed by atoms with Crippen molar-refractivity contribution in [2.75, 3.05) is 6.54 Å². The fraction of sp³-hybridized carbons (Fsp3) is 0.400. The quantitative estimate of drug-likeness (QED) is 0.884. The molecule has 0 fully saturated rings. The summed E-state index contributed by atoms with van der Waals surface area (Å²) in [6.45, 7) is 6.69. The van der Waals surface area contributed by atoms with E-state index in [4.69, 9.17) is 4.42 Å². The lowest BCUT2D eigenvalue weighted by molar-refractivity contribution is 0.235. The Morgan fingerprint density at radius 1 is 1.26 bits per heavy atom. The van der Waals surface area contributed by atoms with Crippen molar-refractivity contribution in [1.82, 2.24) is 10.6 Å². The summed E-state index contributed by atoms with van der Waals surface area (Å²) in [7, 11) is 0. The highest BCUT2D eigenvalue weighted by atomic mass is 16.3. The predicted octanol–water partition coefficient (Wildman–Crippen LogP) is 3.45. The van der Waals surface area contributed by atoms with Crippen LogP contribution in [0.3, 0.4) is 0 Å². The van der Waals surface area contributed by atoms with Crippen LogP contribution >= 0.6 is 0 Å².